The van der Waals surface area contributed by atoms with Crippen LogP contribution in [0.2, 0.25) is 0 Å². The van der Waals surface area contributed by atoms with Gasteiger partial charge in [0, 0.05) is 4.47 Å². The van der Waals surface area contributed by atoms with Gasteiger partial charge < -0.3 is 0 Å². The second-order valence-corrected chi connectivity index (χ2v) is 3.46. The highest BCUT2D eigenvalue weighted by Gasteiger charge is 2.18. The van der Waals surface area contributed by atoms with Crippen LogP contribution < -0.4 is 22.5 Å². The number of nitrogens with one attached hydrogen (secondary N) is 2. The summed E-state index contributed by atoms with van der Waals surface area (Å²) in [6.45, 7) is 0. The molecule has 0 heterocycles. The number of hydrogen-bond acceptors (Lipinski definition) is 4. The quantitative estimate of drug-likeness (QED) is 0.335. The maximum Gasteiger partial charge on any atom is 0.267 e. The molecule has 6 nitrogen and oxygen atoms in total. The number of carbonyl (C=O) groups excluding carboxylic acids is 2. The predicted molar refractivity (Wildman–Crippen MR) is 57.4 cm³/mol. The van der Waals surface area contributed by atoms with Gasteiger partial charge >= 0.3 is 0 Å². The number of rotatable bonds is 2. The Morgan fingerprint density at radius 1 is 1.13 bits per heavy atom. The fourth-order valence-corrected chi connectivity index (χ4v) is 1.64. The number of carbonyl (C=O) groups is 2. The van der Waals surface area contributed by atoms with E-state index in [-0.39, 0.29) is 11.1 Å². The molecule has 0 atom stereocenters. The predicted octanol–water partition coefficient (Wildman–Crippen LogP) is -0.344. The molecule has 0 spiro atoms. The minimum atomic E-state index is -0.568. The Balaban J connectivity index is 3.32. The summed E-state index contributed by atoms with van der Waals surface area (Å²) in [6, 6.07) is 4.71. The molecule has 0 aliphatic heterocycles. The fourth-order valence-electron chi connectivity index (χ4n) is 1.09. The van der Waals surface area contributed by atoms with E-state index in [1.807, 2.05) is 10.9 Å². The van der Waals surface area contributed by atoms with Crippen LogP contribution in [0.25, 0.3) is 0 Å². The number of hydrazine groups is 2. The lowest BCUT2D eigenvalue weighted by atomic mass is 10.1. The molecule has 0 radical (unpaired) electrons. The van der Waals surface area contributed by atoms with Crippen molar-refractivity contribution in [2.24, 2.45) is 11.7 Å². The first kappa shape index (κ1) is 11.6. The van der Waals surface area contributed by atoms with Gasteiger partial charge in [0.25, 0.3) is 11.8 Å². The number of hydrogen-bond donors (Lipinski definition) is 4. The van der Waals surface area contributed by atoms with Crippen LogP contribution in [-0.4, -0.2) is 11.8 Å². The van der Waals surface area contributed by atoms with Crippen molar-refractivity contribution in [3.8, 4) is 0 Å². The molecule has 15 heavy (non-hydrogen) atoms. The Kier molecular flexibility index (Phi) is 3.78. The molecule has 0 aromatic heterocycles. The fraction of sp³-hybridized carbons (Fsp3) is 0. The van der Waals surface area contributed by atoms with E-state index in [9.17, 15) is 9.59 Å². The summed E-state index contributed by atoms with van der Waals surface area (Å²) < 4.78 is 0.464. The lowest BCUT2D eigenvalue weighted by molar-refractivity contribution is 0.0919. The summed E-state index contributed by atoms with van der Waals surface area (Å²) in [4.78, 5) is 22.7. The lowest BCUT2D eigenvalue weighted by Gasteiger charge is -2.08. The maximum absolute atomic E-state index is 11.4. The van der Waals surface area contributed by atoms with E-state index in [0.717, 1.165) is 0 Å². The Morgan fingerprint density at radius 2 is 1.73 bits per heavy atom. The van der Waals surface area contributed by atoms with E-state index in [4.69, 9.17) is 11.7 Å². The number of halogens is 1. The summed E-state index contributed by atoms with van der Waals surface area (Å²) >= 11 is 3.15. The third kappa shape index (κ3) is 2.32. The summed E-state index contributed by atoms with van der Waals surface area (Å²) in [5.74, 6) is 8.86. The van der Waals surface area contributed by atoms with Crippen molar-refractivity contribution >= 4 is 27.7 Å². The first-order valence-electron chi connectivity index (χ1n) is 3.92. The zero-order chi connectivity index (χ0) is 11.4. The lowest BCUT2D eigenvalue weighted by Crippen LogP contribution is -2.35. The van der Waals surface area contributed by atoms with Crippen molar-refractivity contribution in [3.05, 3.63) is 33.8 Å². The van der Waals surface area contributed by atoms with Crippen LogP contribution >= 0.6 is 15.9 Å². The molecular weight excluding hydrogens is 264 g/mol. The van der Waals surface area contributed by atoms with E-state index >= 15 is 0 Å². The van der Waals surface area contributed by atoms with E-state index in [0.29, 0.717) is 4.47 Å². The average molecular weight is 273 g/mol. The summed E-state index contributed by atoms with van der Waals surface area (Å²) in [6.07, 6.45) is 0. The molecule has 0 saturated carbocycles. The number of amides is 2. The van der Waals surface area contributed by atoms with Gasteiger partial charge in [-0.15, -0.1) is 0 Å². The molecule has 7 heteroatoms. The topological polar surface area (TPSA) is 110 Å². The second-order valence-electron chi connectivity index (χ2n) is 2.61. The molecular formula is C8H9BrN4O2. The minimum absolute atomic E-state index is 0.142. The summed E-state index contributed by atoms with van der Waals surface area (Å²) in [7, 11) is 0. The SMILES string of the molecule is NNC(=O)c1cccc(Br)c1C(=O)NN. The van der Waals surface area contributed by atoms with E-state index in [1.165, 1.54) is 6.07 Å². The van der Waals surface area contributed by atoms with Gasteiger partial charge in [-0.3, -0.25) is 20.4 Å². The highest BCUT2D eigenvalue weighted by molar-refractivity contribution is 9.10. The van der Waals surface area contributed by atoms with Gasteiger partial charge in [-0.2, -0.15) is 0 Å². The van der Waals surface area contributed by atoms with Gasteiger partial charge in [-0.25, -0.2) is 11.7 Å². The van der Waals surface area contributed by atoms with Crippen LogP contribution in [0, 0.1) is 0 Å². The van der Waals surface area contributed by atoms with Crippen molar-refractivity contribution in [2.75, 3.05) is 0 Å². The zero-order valence-corrected chi connectivity index (χ0v) is 9.17. The molecule has 0 fully saturated rings. The van der Waals surface area contributed by atoms with Gasteiger partial charge in [0.1, 0.15) is 0 Å². The molecule has 1 aromatic carbocycles. The van der Waals surface area contributed by atoms with Gasteiger partial charge in [0.15, 0.2) is 0 Å². The van der Waals surface area contributed by atoms with Crippen LogP contribution in [0.3, 0.4) is 0 Å². The van der Waals surface area contributed by atoms with Crippen molar-refractivity contribution in [1.29, 1.82) is 0 Å². The van der Waals surface area contributed by atoms with Crippen molar-refractivity contribution < 1.29 is 9.59 Å². The third-order valence-electron chi connectivity index (χ3n) is 1.75. The van der Waals surface area contributed by atoms with Gasteiger partial charge in [-0.1, -0.05) is 6.07 Å². The molecule has 2 amide bonds. The van der Waals surface area contributed by atoms with Gasteiger partial charge in [0.05, 0.1) is 11.1 Å². The Morgan fingerprint density at radius 3 is 2.27 bits per heavy atom. The largest absolute Gasteiger partial charge is 0.290 e. The van der Waals surface area contributed by atoms with Crippen molar-refractivity contribution in [1.82, 2.24) is 10.9 Å². The maximum atomic E-state index is 11.4. The van der Waals surface area contributed by atoms with Gasteiger partial charge in [-0.05, 0) is 28.1 Å². The number of nitrogens with two attached hydrogens (primary N) is 2. The molecule has 80 valence electrons. The molecule has 6 N–H and O–H groups in total. The molecule has 1 aromatic rings. The first-order valence-corrected chi connectivity index (χ1v) is 4.71. The molecule has 0 saturated heterocycles. The van der Waals surface area contributed by atoms with E-state index < -0.39 is 11.8 Å². The van der Waals surface area contributed by atoms with Crippen LogP contribution in [0.5, 0.6) is 0 Å². The number of benzene rings is 1. The van der Waals surface area contributed by atoms with E-state index in [2.05, 4.69) is 15.9 Å². The van der Waals surface area contributed by atoms with Crippen LogP contribution in [0.15, 0.2) is 22.7 Å². The number of nitrogen functional groups attached to an aromatic ring is 2. The minimum Gasteiger partial charge on any atom is -0.290 e. The first-order chi connectivity index (χ1) is 7.11. The molecule has 0 bridgehead atoms. The highest BCUT2D eigenvalue weighted by Crippen LogP contribution is 2.20. The molecule has 0 unspecified atom stereocenters. The summed E-state index contributed by atoms with van der Waals surface area (Å²) in [5.41, 5.74) is 4.19. The Hall–Kier alpha value is -1.44. The van der Waals surface area contributed by atoms with Crippen molar-refractivity contribution in [3.63, 3.8) is 0 Å². The Labute approximate surface area is 94.1 Å². The van der Waals surface area contributed by atoms with Crippen molar-refractivity contribution in [2.45, 2.75) is 0 Å². The third-order valence-corrected chi connectivity index (χ3v) is 2.41. The van der Waals surface area contributed by atoms with Crippen LogP contribution in [0.4, 0.5) is 0 Å². The van der Waals surface area contributed by atoms with Crippen LogP contribution in [0.1, 0.15) is 20.7 Å². The smallest absolute Gasteiger partial charge is 0.267 e. The summed E-state index contributed by atoms with van der Waals surface area (Å²) in [5, 5.41) is 0. The van der Waals surface area contributed by atoms with Gasteiger partial charge in [0.2, 0.25) is 0 Å². The van der Waals surface area contributed by atoms with E-state index in [1.54, 1.807) is 12.1 Å². The molecule has 0 aliphatic carbocycles. The molecule has 0 aliphatic rings. The average Bonchev–Trinajstić information content (AvgIpc) is 2.26. The highest BCUT2D eigenvalue weighted by atomic mass is 79.9. The Bertz CT molecular complexity index is 408. The molecule has 1 rings (SSSR count). The zero-order valence-electron chi connectivity index (χ0n) is 7.58. The normalized spacial score (nSPS) is 9.53. The monoisotopic (exact) mass is 272 g/mol. The second kappa shape index (κ2) is 4.87. The van der Waals surface area contributed by atoms with Crippen LogP contribution in [-0.2, 0) is 0 Å². The standard InChI is InChI=1S/C8H9BrN4O2/c9-5-3-1-2-4(7(14)12-10)6(5)8(15)13-11/h1-3H,10-11H2,(H,12,14)(H,13,15).